The summed E-state index contributed by atoms with van der Waals surface area (Å²) in [6, 6.07) is 4.13. The molecule has 5 nitrogen and oxygen atoms in total. The van der Waals surface area contributed by atoms with E-state index in [4.69, 9.17) is 0 Å². The maximum atomic E-state index is 11.5. The number of hydrogen-bond acceptors (Lipinski definition) is 5. The lowest BCUT2D eigenvalue weighted by molar-refractivity contribution is 0.595. The van der Waals surface area contributed by atoms with E-state index in [1.807, 2.05) is 6.07 Å². The average molecular weight is 305 g/mol. The number of fused-ring (bicyclic) bond motifs is 1. The third-order valence-electron chi connectivity index (χ3n) is 4.31. The average Bonchev–Trinajstić information content (AvgIpc) is 2.83. The van der Waals surface area contributed by atoms with Crippen molar-refractivity contribution in [1.29, 1.82) is 5.26 Å². The third kappa shape index (κ3) is 3.18. The lowest BCUT2D eigenvalue weighted by Crippen LogP contribution is -2.18. The molecule has 6 heteroatoms. The van der Waals surface area contributed by atoms with Crippen LogP contribution in [-0.2, 0) is 22.7 Å². The van der Waals surface area contributed by atoms with E-state index in [2.05, 4.69) is 16.4 Å². The molecule has 1 fully saturated rings. The van der Waals surface area contributed by atoms with Crippen LogP contribution in [0, 0.1) is 17.2 Å². The normalized spacial score (nSPS) is 23.3. The van der Waals surface area contributed by atoms with Crippen molar-refractivity contribution in [2.24, 2.45) is 5.92 Å². The van der Waals surface area contributed by atoms with Crippen LogP contribution in [0.4, 0.5) is 5.82 Å². The minimum atomic E-state index is -2.86. The largest absolute Gasteiger partial charge is 0.369 e. The van der Waals surface area contributed by atoms with E-state index in [0.717, 1.165) is 31.4 Å². The molecule has 1 saturated heterocycles. The van der Waals surface area contributed by atoms with Gasteiger partial charge in [-0.05, 0) is 49.7 Å². The number of hydrogen-bond donors (Lipinski definition) is 1. The SMILES string of the molecule is N#Cc1cc2c(nc1NCC1CCS(=O)(=O)C1)CCCC2. The summed E-state index contributed by atoms with van der Waals surface area (Å²) in [6.07, 6.45) is 4.96. The first-order chi connectivity index (χ1) is 10.1. The zero-order valence-corrected chi connectivity index (χ0v) is 12.7. The van der Waals surface area contributed by atoms with Crippen molar-refractivity contribution in [1.82, 2.24) is 4.98 Å². The number of aromatic nitrogens is 1. The Labute approximate surface area is 125 Å². The summed E-state index contributed by atoms with van der Waals surface area (Å²) in [5.41, 5.74) is 2.84. The fourth-order valence-corrected chi connectivity index (χ4v) is 4.99. The van der Waals surface area contributed by atoms with Crippen molar-refractivity contribution >= 4 is 15.7 Å². The van der Waals surface area contributed by atoms with Gasteiger partial charge in [0.2, 0.25) is 0 Å². The molecule has 3 rings (SSSR count). The van der Waals surface area contributed by atoms with Gasteiger partial charge in [-0.2, -0.15) is 5.26 Å². The number of nitrogens with zero attached hydrogens (tertiary/aromatic N) is 2. The Kier molecular flexibility index (Phi) is 3.85. The van der Waals surface area contributed by atoms with Crippen LogP contribution in [0.25, 0.3) is 0 Å². The molecular formula is C15H19N3O2S. The molecule has 1 aliphatic heterocycles. The zero-order chi connectivity index (χ0) is 14.9. The standard InChI is InChI=1S/C15H19N3O2S/c16-8-13-7-12-3-1-2-4-14(12)18-15(13)17-9-11-5-6-21(19,20)10-11/h7,11H,1-6,9-10H2,(H,17,18). The van der Waals surface area contributed by atoms with Crippen LogP contribution in [0.5, 0.6) is 0 Å². The smallest absolute Gasteiger partial charge is 0.150 e. The summed E-state index contributed by atoms with van der Waals surface area (Å²) in [4.78, 5) is 4.60. The van der Waals surface area contributed by atoms with Crippen molar-refractivity contribution in [3.8, 4) is 6.07 Å². The van der Waals surface area contributed by atoms with Gasteiger partial charge in [-0.3, -0.25) is 0 Å². The van der Waals surface area contributed by atoms with Gasteiger partial charge >= 0.3 is 0 Å². The van der Waals surface area contributed by atoms with Crippen molar-refractivity contribution in [3.05, 3.63) is 22.9 Å². The quantitative estimate of drug-likeness (QED) is 0.918. The van der Waals surface area contributed by atoms with Crippen molar-refractivity contribution in [2.45, 2.75) is 32.1 Å². The van der Waals surface area contributed by atoms with E-state index in [1.165, 1.54) is 5.56 Å². The van der Waals surface area contributed by atoms with Crippen LogP contribution >= 0.6 is 0 Å². The Morgan fingerprint density at radius 3 is 2.90 bits per heavy atom. The first-order valence-corrected chi connectivity index (χ1v) is 9.27. The maximum absolute atomic E-state index is 11.5. The van der Waals surface area contributed by atoms with Gasteiger partial charge in [0.1, 0.15) is 11.9 Å². The van der Waals surface area contributed by atoms with E-state index in [1.54, 1.807) is 0 Å². The predicted octanol–water partition coefficient (Wildman–Crippen LogP) is 1.68. The molecule has 112 valence electrons. The van der Waals surface area contributed by atoms with E-state index in [0.29, 0.717) is 24.3 Å². The van der Waals surface area contributed by atoms with Crippen LogP contribution in [-0.4, -0.2) is 31.5 Å². The van der Waals surface area contributed by atoms with Gasteiger partial charge < -0.3 is 5.32 Å². The van der Waals surface area contributed by atoms with Crippen LogP contribution in [0.15, 0.2) is 6.07 Å². The molecule has 0 saturated carbocycles. The molecule has 1 N–H and O–H groups in total. The predicted molar refractivity (Wildman–Crippen MR) is 80.8 cm³/mol. The van der Waals surface area contributed by atoms with Crippen molar-refractivity contribution < 1.29 is 8.42 Å². The Balaban J connectivity index is 1.74. The number of rotatable bonds is 3. The molecule has 21 heavy (non-hydrogen) atoms. The highest BCUT2D eigenvalue weighted by Crippen LogP contribution is 2.25. The van der Waals surface area contributed by atoms with Crippen molar-refractivity contribution in [3.63, 3.8) is 0 Å². The maximum Gasteiger partial charge on any atom is 0.150 e. The number of aryl methyl sites for hydroxylation is 2. The first kappa shape index (κ1) is 14.3. The number of sulfone groups is 1. The Bertz CT molecular complexity index is 692. The lowest BCUT2D eigenvalue weighted by Gasteiger charge is -2.18. The van der Waals surface area contributed by atoms with Crippen LogP contribution in [0.1, 0.15) is 36.1 Å². The van der Waals surface area contributed by atoms with Gasteiger partial charge in [0, 0.05) is 12.2 Å². The number of anilines is 1. The lowest BCUT2D eigenvalue weighted by atomic mass is 9.95. The Morgan fingerprint density at radius 1 is 1.38 bits per heavy atom. The molecule has 0 aromatic carbocycles. The molecule has 1 atom stereocenters. The molecular weight excluding hydrogens is 286 g/mol. The summed E-state index contributed by atoms with van der Waals surface area (Å²) in [7, 11) is -2.86. The number of nitriles is 1. The fourth-order valence-electron chi connectivity index (χ4n) is 3.13. The molecule has 0 bridgehead atoms. The van der Waals surface area contributed by atoms with E-state index < -0.39 is 9.84 Å². The van der Waals surface area contributed by atoms with Crippen LogP contribution < -0.4 is 5.32 Å². The molecule has 2 heterocycles. The molecule has 1 unspecified atom stereocenters. The molecule has 0 spiro atoms. The number of pyridine rings is 1. The van der Waals surface area contributed by atoms with E-state index in [-0.39, 0.29) is 17.4 Å². The van der Waals surface area contributed by atoms with E-state index >= 15 is 0 Å². The molecule has 0 radical (unpaired) electrons. The first-order valence-electron chi connectivity index (χ1n) is 7.44. The summed E-state index contributed by atoms with van der Waals surface area (Å²) in [6.45, 7) is 0.569. The van der Waals surface area contributed by atoms with Gasteiger partial charge in [-0.15, -0.1) is 0 Å². The molecule has 2 aliphatic rings. The van der Waals surface area contributed by atoms with Gasteiger partial charge in [0.05, 0.1) is 17.1 Å². The van der Waals surface area contributed by atoms with Gasteiger partial charge in [-0.1, -0.05) is 0 Å². The monoisotopic (exact) mass is 305 g/mol. The second kappa shape index (κ2) is 5.64. The minimum Gasteiger partial charge on any atom is -0.369 e. The van der Waals surface area contributed by atoms with Crippen LogP contribution in [0.3, 0.4) is 0 Å². The second-order valence-electron chi connectivity index (χ2n) is 5.96. The summed E-state index contributed by atoms with van der Waals surface area (Å²) < 4.78 is 22.9. The molecule has 1 aromatic heterocycles. The Morgan fingerprint density at radius 2 is 2.19 bits per heavy atom. The highest BCUT2D eigenvalue weighted by atomic mass is 32.2. The van der Waals surface area contributed by atoms with E-state index in [9.17, 15) is 13.7 Å². The highest BCUT2D eigenvalue weighted by Gasteiger charge is 2.28. The molecule has 1 aliphatic carbocycles. The van der Waals surface area contributed by atoms with Gasteiger partial charge in [0.15, 0.2) is 9.84 Å². The molecule has 0 amide bonds. The third-order valence-corrected chi connectivity index (χ3v) is 6.14. The van der Waals surface area contributed by atoms with Crippen LogP contribution in [0.2, 0.25) is 0 Å². The summed E-state index contributed by atoms with van der Waals surface area (Å²) in [5, 5.41) is 12.5. The summed E-state index contributed by atoms with van der Waals surface area (Å²) >= 11 is 0. The highest BCUT2D eigenvalue weighted by molar-refractivity contribution is 7.91. The van der Waals surface area contributed by atoms with Gasteiger partial charge in [0.25, 0.3) is 0 Å². The summed E-state index contributed by atoms with van der Waals surface area (Å²) in [5.74, 6) is 1.26. The fraction of sp³-hybridized carbons (Fsp3) is 0.600. The molecule has 1 aromatic rings. The van der Waals surface area contributed by atoms with Crippen molar-refractivity contribution in [2.75, 3.05) is 23.4 Å². The second-order valence-corrected chi connectivity index (χ2v) is 8.19. The number of nitrogens with one attached hydrogen (secondary N) is 1. The van der Waals surface area contributed by atoms with Gasteiger partial charge in [-0.25, -0.2) is 13.4 Å². The Hall–Kier alpha value is -1.61. The minimum absolute atomic E-state index is 0.124. The topological polar surface area (TPSA) is 82.8 Å². The zero-order valence-electron chi connectivity index (χ0n) is 11.9.